The van der Waals surface area contributed by atoms with Gasteiger partial charge in [0.2, 0.25) is 0 Å². The smallest absolute Gasteiger partial charge is 0.253 e. The van der Waals surface area contributed by atoms with E-state index in [9.17, 15) is 4.79 Å². The summed E-state index contributed by atoms with van der Waals surface area (Å²) in [6, 6.07) is 9.49. The molecule has 6 nitrogen and oxygen atoms in total. The third-order valence-electron chi connectivity index (χ3n) is 5.29. The topological polar surface area (TPSA) is 67.5 Å². The van der Waals surface area contributed by atoms with Gasteiger partial charge in [0.25, 0.3) is 5.91 Å². The third-order valence-corrected chi connectivity index (χ3v) is 5.29. The number of ether oxygens (including phenoxy) is 2. The van der Waals surface area contributed by atoms with Crippen LogP contribution in [0, 0.1) is 0 Å². The fraction of sp³-hybridized carbons (Fsp3) is 0.333. The van der Waals surface area contributed by atoms with E-state index in [4.69, 9.17) is 9.47 Å². The van der Waals surface area contributed by atoms with Crippen LogP contribution in [0.25, 0.3) is 10.9 Å². The summed E-state index contributed by atoms with van der Waals surface area (Å²) in [5.41, 5.74) is 2.97. The van der Waals surface area contributed by atoms with Crippen LogP contribution >= 0.6 is 0 Å². The number of fused-ring (bicyclic) bond motifs is 1. The molecule has 1 amide bonds. The van der Waals surface area contributed by atoms with E-state index in [2.05, 4.69) is 16.0 Å². The number of benzene rings is 1. The minimum atomic E-state index is 0.0373. The summed E-state index contributed by atoms with van der Waals surface area (Å²) in [5.74, 6) is 1.67. The number of amides is 1. The maximum Gasteiger partial charge on any atom is 0.253 e. The number of piperidine rings is 1. The van der Waals surface area contributed by atoms with E-state index in [1.165, 1.54) is 5.69 Å². The minimum Gasteiger partial charge on any atom is -0.493 e. The molecule has 27 heavy (non-hydrogen) atoms. The second-order valence-electron chi connectivity index (χ2n) is 6.82. The van der Waals surface area contributed by atoms with Gasteiger partial charge in [0.05, 0.1) is 14.2 Å². The Hall–Kier alpha value is -3.02. The predicted molar refractivity (Wildman–Crippen MR) is 104 cm³/mol. The van der Waals surface area contributed by atoms with Crippen molar-refractivity contribution < 1.29 is 14.3 Å². The van der Waals surface area contributed by atoms with Crippen molar-refractivity contribution in [2.24, 2.45) is 0 Å². The monoisotopic (exact) mass is 365 g/mol. The summed E-state index contributed by atoms with van der Waals surface area (Å²) in [4.78, 5) is 22.5. The first-order chi connectivity index (χ1) is 13.2. The molecule has 2 aromatic heterocycles. The van der Waals surface area contributed by atoms with Crippen LogP contribution in [-0.2, 0) is 0 Å². The van der Waals surface area contributed by atoms with Gasteiger partial charge in [0.1, 0.15) is 0 Å². The number of rotatable bonds is 4. The first-order valence-corrected chi connectivity index (χ1v) is 9.13. The van der Waals surface area contributed by atoms with Crippen LogP contribution in [0.1, 0.15) is 34.8 Å². The minimum absolute atomic E-state index is 0.0373. The zero-order chi connectivity index (χ0) is 18.8. The van der Waals surface area contributed by atoms with E-state index < -0.39 is 0 Å². The van der Waals surface area contributed by atoms with Crippen molar-refractivity contribution in [2.45, 2.75) is 18.8 Å². The van der Waals surface area contributed by atoms with E-state index in [1.54, 1.807) is 38.6 Å². The molecule has 0 unspecified atom stereocenters. The zero-order valence-electron chi connectivity index (χ0n) is 15.6. The number of methoxy groups -OCH3 is 2. The normalized spacial score (nSPS) is 15.1. The Bertz CT molecular complexity index is 925. The molecule has 3 heterocycles. The van der Waals surface area contributed by atoms with Crippen LogP contribution in [0.5, 0.6) is 11.5 Å². The van der Waals surface area contributed by atoms with Gasteiger partial charge < -0.3 is 19.4 Å². The van der Waals surface area contributed by atoms with Crippen LogP contribution < -0.4 is 9.47 Å². The van der Waals surface area contributed by atoms with Crippen molar-refractivity contribution in [1.82, 2.24) is 14.9 Å². The number of nitrogens with zero attached hydrogens (tertiary/aromatic N) is 2. The fourth-order valence-electron chi connectivity index (χ4n) is 3.76. The number of likely N-dealkylation sites (tertiary alicyclic amines) is 1. The number of aromatic amines is 1. The van der Waals surface area contributed by atoms with Crippen LogP contribution in [0.3, 0.4) is 0 Å². The van der Waals surface area contributed by atoms with Gasteiger partial charge in [0, 0.05) is 53.6 Å². The number of aromatic nitrogens is 2. The van der Waals surface area contributed by atoms with E-state index in [-0.39, 0.29) is 5.91 Å². The lowest BCUT2D eigenvalue weighted by Crippen LogP contribution is -2.38. The quantitative estimate of drug-likeness (QED) is 0.767. The second kappa shape index (κ2) is 7.31. The molecule has 0 bridgehead atoms. The molecule has 0 saturated carbocycles. The van der Waals surface area contributed by atoms with E-state index in [0.717, 1.165) is 36.8 Å². The van der Waals surface area contributed by atoms with Gasteiger partial charge in [-0.2, -0.15) is 0 Å². The Labute approximate surface area is 158 Å². The fourth-order valence-corrected chi connectivity index (χ4v) is 3.76. The SMILES string of the molecule is COc1ccc(C(=O)N2CCC(c3cc4cnccc4[nH]3)CC2)cc1OC. The number of carbonyl (C=O) groups is 1. The molecule has 1 aliphatic rings. The van der Waals surface area contributed by atoms with Crippen LogP contribution in [-0.4, -0.2) is 48.1 Å². The first-order valence-electron chi connectivity index (χ1n) is 9.13. The largest absolute Gasteiger partial charge is 0.493 e. The van der Waals surface area contributed by atoms with Crippen molar-refractivity contribution in [3.8, 4) is 11.5 Å². The summed E-state index contributed by atoms with van der Waals surface area (Å²) >= 11 is 0. The van der Waals surface area contributed by atoms with Gasteiger partial charge in [0.15, 0.2) is 11.5 Å². The average Bonchev–Trinajstić information content (AvgIpc) is 3.17. The molecule has 1 N–H and O–H groups in total. The van der Waals surface area contributed by atoms with Crippen molar-refractivity contribution in [3.63, 3.8) is 0 Å². The second-order valence-corrected chi connectivity index (χ2v) is 6.82. The van der Waals surface area contributed by atoms with Crippen molar-refractivity contribution in [2.75, 3.05) is 27.3 Å². The molecule has 6 heteroatoms. The van der Waals surface area contributed by atoms with Crippen LogP contribution in [0.4, 0.5) is 0 Å². The van der Waals surface area contributed by atoms with Crippen molar-refractivity contribution >= 4 is 16.8 Å². The molecule has 0 atom stereocenters. The van der Waals surface area contributed by atoms with E-state index >= 15 is 0 Å². The molecule has 0 aliphatic carbocycles. The summed E-state index contributed by atoms with van der Waals surface area (Å²) in [7, 11) is 3.16. The Kier molecular flexibility index (Phi) is 4.71. The van der Waals surface area contributed by atoms with Crippen LogP contribution in [0.15, 0.2) is 42.7 Å². The summed E-state index contributed by atoms with van der Waals surface area (Å²) in [6.07, 6.45) is 5.57. The zero-order valence-corrected chi connectivity index (χ0v) is 15.6. The molecule has 1 aromatic carbocycles. The molecular formula is C21H23N3O3. The maximum absolute atomic E-state index is 12.9. The average molecular weight is 365 g/mol. The highest BCUT2D eigenvalue weighted by Gasteiger charge is 2.26. The highest BCUT2D eigenvalue weighted by atomic mass is 16.5. The predicted octanol–water partition coefficient (Wildman–Crippen LogP) is 3.60. The van der Waals surface area contributed by atoms with Gasteiger partial charge in [-0.3, -0.25) is 9.78 Å². The maximum atomic E-state index is 12.9. The summed E-state index contributed by atoms with van der Waals surface area (Å²) < 4.78 is 10.6. The standard InChI is InChI=1S/C21H23N3O3/c1-26-19-4-3-15(12-20(19)27-2)21(25)24-9-6-14(7-10-24)18-11-16-13-22-8-5-17(16)23-18/h3-5,8,11-14,23H,6-7,9-10H2,1-2H3. The third kappa shape index (κ3) is 3.35. The van der Waals surface area contributed by atoms with Gasteiger partial charge in [-0.05, 0) is 43.2 Å². The number of carbonyl (C=O) groups excluding carboxylic acids is 1. The first kappa shape index (κ1) is 17.4. The Morgan fingerprint density at radius 3 is 2.59 bits per heavy atom. The van der Waals surface area contributed by atoms with Crippen molar-refractivity contribution in [3.05, 3.63) is 54.0 Å². The molecule has 140 valence electrons. The molecule has 0 spiro atoms. The Morgan fingerprint density at radius 2 is 1.89 bits per heavy atom. The summed E-state index contributed by atoms with van der Waals surface area (Å²) in [6.45, 7) is 1.48. The molecule has 0 radical (unpaired) electrons. The summed E-state index contributed by atoms with van der Waals surface area (Å²) in [5, 5.41) is 1.14. The lowest BCUT2D eigenvalue weighted by molar-refractivity contribution is 0.0712. The molecule has 4 rings (SSSR count). The number of hydrogen-bond donors (Lipinski definition) is 1. The van der Waals surface area contributed by atoms with Gasteiger partial charge in [-0.1, -0.05) is 0 Å². The van der Waals surface area contributed by atoms with Gasteiger partial charge >= 0.3 is 0 Å². The Balaban J connectivity index is 1.45. The molecular weight excluding hydrogens is 342 g/mol. The number of hydrogen-bond acceptors (Lipinski definition) is 4. The number of pyridine rings is 1. The lowest BCUT2D eigenvalue weighted by atomic mass is 9.93. The number of H-pyrrole nitrogens is 1. The highest BCUT2D eigenvalue weighted by molar-refractivity contribution is 5.95. The lowest BCUT2D eigenvalue weighted by Gasteiger charge is -2.31. The number of nitrogens with one attached hydrogen (secondary N) is 1. The van der Waals surface area contributed by atoms with Crippen LogP contribution in [0.2, 0.25) is 0 Å². The van der Waals surface area contributed by atoms with Gasteiger partial charge in [-0.15, -0.1) is 0 Å². The molecule has 1 aliphatic heterocycles. The molecule has 3 aromatic rings. The Morgan fingerprint density at radius 1 is 1.11 bits per heavy atom. The van der Waals surface area contributed by atoms with E-state index in [1.807, 2.05) is 17.2 Å². The molecule has 1 saturated heterocycles. The van der Waals surface area contributed by atoms with Crippen molar-refractivity contribution in [1.29, 1.82) is 0 Å². The van der Waals surface area contributed by atoms with Gasteiger partial charge in [-0.25, -0.2) is 0 Å². The highest BCUT2D eigenvalue weighted by Crippen LogP contribution is 2.32. The van der Waals surface area contributed by atoms with E-state index in [0.29, 0.717) is 23.0 Å². The molecule has 1 fully saturated rings.